The molecular formula is C7H16N2S. The second-order valence-corrected chi connectivity index (χ2v) is 11.9. The Morgan fingerprint density at radius 1 is 1.20 bits per heavy atom. The van der Waals surface area contributed by atoms with Crippen LogP contribution in [0.1, 0.15) is 0 Å². The molecular weight excluding hydrogens is 144 g/mol. The molecule has 0 bridgehead atoms. The van der Waals surface area contributed by atoms with Gasteiger partial charge in [-0.3, -0.25) is 0 Å². The van der Waals surface area contributed by atoms with E-state index in [1.54, 1.807) is 0 Å². The van der Waals surface area contributed by atoms with Crippen LogP contribution in [0.5, 0.6) is 0 Å². The van der Waals surface area contributed by atoms with Gasteiger partial charge in [-0.2, -0.15) is 0 Å². The van der Waals surface area contributed by atoms with Crippen molar-refractivity contribution in [2.45, 2.75) is 0 Å². The number of imidazole rings is 1. The minimum atomic E-state index is -1.58. The molecule has 1 aromatic rings. The predicted octanol–water partition coefficient (Wildman–Crippen LogP) is 1.24. The van der Waals surface area contributed by atoms with Gasteiger partial charge in [-0.05, 0) is 25.0 Å². The Balaban J connectivity index is 3.09. The molecule has 0 atom stereocenters. The summed E-state index contributed by atoms with van der Waals surface area (Å²) in [4.78, 5) is 4.03. The lowest BCUT2D eigenvalue weighted by molar-refractivity contribution is 1.19. The molecule has 0 aromatic carbocycles. The highest BCUT2D eigenvalue weighted by molar-refractivity contribution is 8.46. The molecule has 2 nitrogen and oxygen atoms in total. The molecule has 0 unspecified atom stereocenters. The smallest absolute Gasteiger partial charge is 0.102 e. The number of nitrogens with zero attached hydrogens (tertiary/aromatic N) is 2. The molecule has 1 rings (SSSR count). The summed E-state index contributed by atoms with van der Waals surface area (Å²) in [5, 5.41) is 0. The van der Waals surface area contributed by atoms with E-state index in [0.29, 0.717) is 0 Å². The zero-order valence-electron chi connectivity index (χ0n) is 7.07. The van der Waals surface area contributed by atoms with Gasteiger partial charge in [0, 0.05) is 12.4 Å². The van der Waals surface area contributed by atoms with Crippen LogP contribution in [-0.4, -0.2) is 34.0 Å². The van der Waals surface area contributed by atoms with Crippen LogP contribution in [0.25, 0.3) is 0 Å². The lowest BCUT2D eigenvalue weighted by Gasteiger charge is -2.49. The Morgan fingerprint density at radius 2 is 1.80 bits per heavy atom. The quantitative estimate of drug-likeness (QED) is 0.612. The predicted molar refractivity (Wildman–Crippen MR) is 50.3 cm³/mol. The van der Waals surface area contributed by atoms with Crippen LogP contribution in [0.2, 0.25) is 0 Å². The average molecular weight is 160 g/mol. The van der Waals surface area contributed by atoms with Crippen LogP contribution in [-0.2, 0) is 0 Å². The van der Waals surface area contributed by atoms with Crippen molar-refractivity contribution in [2.75, 3.05) is 25.0 Å². The summed E-state index contributed by atoms with van der Waals surface area (Å²) >= 11 is 0. The Morgan fingerprint density at radius 3 is 2.00 bits per heavy atom. The number of rotatable bonds is 1. The van der Waals surface area contributed by atoms with Crippen molar-refractivity contribution >= 4 is 9.35 Å². The van der Waals surface area contributed by atoms with E-state index in [4.69, 9.17) is 0 Å². The second kappa shape index (κ2) is 1.78. The standard InChI is InChI=1S/C7H16N2S/c1-10(2,3,4)9-6-5-8-7-9/h5-7,10H,1-4H3. The zero-order chi connectivity index (χ0) is 7.85. The monoisotopic (exact) mass is 160 g/mol. The Bertz CT molecular complexity index is 208. The van der Waals surface area contributed by atoms with Crippen LogP contribution in [0.3, 0.4) is 0 Å². The van der Waals surface area contributed by atoms with Crippen LogP contribution >= 0.6 is 9.35 Å². The molecule has 0 aliphatic heterocycles. The molecule has 0 fully saturated rings. The van der Waals surface area contributed by atoms with Crippen LogP contribution < -0.4 is 0 Å². The summed E-state index contributed by atoms with van der Waals surface area (Å²) in [5.74, 6) is 0. The molecule has 60 valence electrons. The molecule has 1 heterocycles. The van der Waals surface area contributed by atoms with Crippen LogP contribution in [0.4, 0.5) is 0 Å². The van der Waals surface area contributed by atoms with Crippen LogP contribution in [0, 0.1) is 0 Å². The van der Waals surface area contributed by atoms with E-state index in [9.17, 15) is 0 Å². The molecule has 3 heteroatoms. The minimum Gasteiger partial charge on any atom is -0.316 e. The fourth-order valence-electron chi connectivity index (χ4n) is 0.725. The summed E-state index contributed by atoms with van der Waals surface area (Å²) in [7, 11) is -1.58. The largest absolute Gasteiger partial charge is 0.316 e. The minimum absolute atomic E-state index is 1.58. The van der Waals surface area contributed by atoms with Crippen molar-refractivity contribution in [2.24, 2.45) is 0 Å². The second-order valence-electron chi connectivity index (χ2n) is 4.43. The fraction of sp³-hybridized carbons (Fsp3) is 0.571. The summed E-state index contributed by atoms with van der Waals surface area (Å²) in [6.45, 7) is 0. The van der Waals surface area contributed by atoms with Gasteiger partial charge in [0.1, 0.15) is 6.33 Å². The summed E-state index contributed by atoms with van der Waals surface area (Å²) < 4.78 is 2.23. The van der Waals surface area contributed by atoms with Gasteiger partial charge < -0.3 is 3.97 Å². The van der Waals surface area contributed by atoms with Crippen molar-refractivity contribution in [1.82, 2.24) is 8.96 Å². The first kappa shape index (κ1) is 7.66. The highest BCUT2D eigenvalue weighted by Gasteiger charge is 2.18. The van der Waals surface area contributed by atoms with Gasteiger partial charge in [0.05, 0.1) is 0 Å². The summed E-state index contributed by atoms with van der Waals surface area (Å²) in [5.41, 5.74) is 0. The van der Waals surface area contributed by atoms with Gasteiger partial charge in [-0.15, -0.1) is 0 Å². The van der Waals surface area contributed by atoms with E-state index in [-0.39, 0.29) is 0 Å². The summed E-state index contributed by atoms with van der Waals surface area (Å²) in [6, 6.07) is 0. The first-order valence-corrected chi connectivity index (χ1v) is 7.33. The average Bonchev–Trinajstić information content (AvgIpc) is 2.04. The van der Waals surface area contributed by atoms with Crippen molar-refractivity contribution in [1.29, 1.82) is 0 Å². The molecule has 0 amide bonds. The summed E-state index contributed by atoms with van der Waals surface area (Å²) in [6.07, 6.45) is 15.0. The van der Waals surface area contributed by atoms with Gasteiger partial charge in [0.15, 0.2) is 0 Å². The Labute approximate surface area is 62.7 Å². The molecule has 0 saturated carbocycles. The fourth-order valence-corrected chi connectivity index (χ4v) is 1.79. The maximum atomic E-state index is 4.03. The third-order valence-electron chi connectivity index (χ3n) is 1.41. The van der Waals surface area contributed by atoms with E-state index < -0.39 is 9.35 Å². The highest BCUT2D eigenvalue weighted by Crippen LogP contribution is 2.55. The molecule has 0 aliphatic rings. The normalized spacial score (nSPS) is 16.2. The number of hydrogen-bond acceptors (Lipinski definition) is 1. The van der Waals surface area contributed by atoms with Crippen molar-refractivity contribution in [3.63, 3.8) is 0 Å². The Kier molecular flexibility index (Phi) is 1.37. The maximum Gasteiger partial charge on any atom is 0.102 e. The van der Waals surface area contributed by atoms with Crippen molar-refractivity contribution in [3.8, 4) is 0 Å². The van der Waals surface area contributed by atoms with Crippen molar-refractivity contribution in [3.05, 3.63) is 18.7 Å². The lowest BCUT2D eigenvalue weighted by Crippen LogP contribution is -2.18. The number of aromatic nitrogens is 2. The van der Waals surface area contributed by atoms with Crippen molar-refractivity contribution < 1.29 is 0 Å². The molecule has 0 N–H and O–H groups in total. The van der Waals surface area contributed by atoms with E-state index in [2.05, 4.69) is 34.0 Å². The van der Waals surface area contributed by atoms with E-state index in [0.717, 1.165) is 0 Å². The van der Waals surface area contributed by atoms with Crippen LogP contribution in [0.15, 0.2) is 18.7 Å². The maximum absolute atomic E-state index is 4.03. The molecule has 1 aromatic heterocycles. The Hall–Kier alpha value is -0.440. The van der Waals surface area contributed by atoms with Gasteiger partial charge in [-0.1, -0.05) is 0 Å². The van der Waals surface area contributed by atoms with Gasteiger partial charge in [-0.25, -0.2) is 14.3 Å². The molecule has 10 heavy (non-hydrogen) atoms. The molecule has 0 aliphatic carbocycles. The third-order valence-corrected chi connectivity index (χ3v) is 3.50. The van der Waals surface area contributed by atoms with E-state index in [1.807, 2.05) is 18.7 Å². The lowest BCUT2D eigenvalue weighted by atomic mass is 11.0. The molecule has 0 spiro atoms. The SMILES string of the molecule is C[SH](C)(C)(C)n1ccnc1. The molecule has 0 saturated heterocycles. The highest BCUT2D eigenvalue weighted by atomic mass is 32.3. The third kappa shape index (κ3) is 1.53. The topological polar surface area (TPSA) is 17.8 Å². The van der Waals surface area contributed by atoms with Gasteiger partial charge in [0.2, 0.25) is 0 Å². The zero-order valence-corrected chi connectivity index (χ0v) is 7.97. The first-order valence-electron chi connectivity index (χ1n) is 3.35. The van der Waals surface area contributed by atoms with Gasteiger partial charge in [0.25, 0.3) is 0 Å². The number of hydrogen-bond donors (Lipinski definition) is 1. The molecule has 0 radical (unpaired) electrons. The first-order chi connectivity index (χ1) is 4.36. The van der Waals surface area contributed by atoms with Gasteiger partial charge >= 0.3 is 0 Å². The number of thiol groups is 1. The van der Waals surface area contributed by atoms with E-state index >= 15 is 0 Å². The van der Waals surface area contributed by atoms with E-state index in [1.165, 1.54) is 0 Å².